The fraction of sp³-hybridized carbons (Fsp3) is 0.318. The SMILES string of the molecule is Cc1ccc(OC(F)(F)F)cc1Nc1nccc(-c2cnc3c(c2)C(C)(CO)CC3)n1. The normalized spacial score (nSPS) is 18.0. The van der Waals surface area contributed by atoms with Gasteiger partial charge in [-0.25, -0.2) is 9.97 Å². The lowest BCUT2D eigenvalue weighted by molar-refractivity contribution is -0.274. The molecule has 2 N–H and O–H groups in total. The van der Waals surface area contributed by atoms with Gasteiger partial charge in [0.1, 0.15) is 5.75 Å². The number of rotatable bonds is 5. The molecule has 0 radical (unpaired) electrons. The fourth-order valence-electron chi connectivity index (χ4n) is 3.68. The lowest BCUT2D eigenvalue weighted by Crippen LogP contribution is -2.23. The number of anilines is 2. The molecule has 1 aliphatic rings. The standard InChI is InChI=1S/C22H21F3N4O2/c1-13-3-4-15(31-22(23,24)25)10-19(13)29-20-26-8-6-17(28-20)14-9-16-18(27-11-14)5-7-21(16,2)12-30/h3-4,6,8-11,30H,5,7,12H2,1-2H3,(H,26,28,29). The number of aromatic nitrogens is 3. The number of nitrogens with zero attached hydrogens (tertiary/aromatic N) is 3. The first-order valence-electron chi connectivity index (χ1n) is 9.74. The van der Waals surface area contributed by atoms with E-state index >= 15 is 0 Å². The number of nitrogens with one attached hydrogen (secondary N) is 1. The Morgan fingerprint density at radius 1 is 1.19 bits per heavy atom. The molecule has 0 spiro atoms. The third kappa shape index (κ3) is 4.46. The zero-order valence-electron chi connectivity index (χ0n) is 17.0. The van der Waals surface area contributed by atoms with E-state index in [1.54, 1.807) is 25.4 Å². The summed E-state index contributed by atoms with van der Waals surface area (Å²) in [6.07, 6.45) is 0.179. The molecule has 2 aromatic heterocycles. The minimum absolute atomic E-state index is 0.0390. The minimum Gasteiger partial charge on any atom is -0.406 e. The van der Waals surface area contributed by atoms with E-state index in [1.165, 1.54) is 18.2 Å². The summed E-state index contributed by atoms with van der Waals surface area (Å²) in [5.74, 6) is -0.0990. The largest absolute Gasteiger partial charge is 0.573 e. The molecule has 3 aromatic rings. The predicted octanol–water partition coefficient (Wildman–Crippen LogP) is 4.69. The van der Waals surface area contributed by atoms with Crippen LogP contribution >= 0.6 is 0 Å². The van der Waals surface area contributed by atoms with E-state index in [1.807, 2.05) is 13.0 Å². The van der Waals surface area contributed by atoms with Gasteiger partial charge in [0, 0.05) is 40.8 Å². The van der Waals surface area contributed by atoms with Gasteiger partial charge < -0.3 is 15.2 Å². The van der Waals surface area contributed by atoms with Crippen molar-refractivity contribution < 1.29 is 23.0 Å². The summed E-state index contributed by atoms with van der Waals surface area (Å²) < 4.78 is 41.6. The second kappa shape index (κ2) is 7.81. The van der Waals surface area contributed by atoms with E-state index in [9.17, 15) is 18.3 Å². The molecule has 31 heavy (non-hydrogen) atoms. The topological polar surface area (TPSA) is 80.2 Å². The molecule has 4 rings (SSSR count). The van der Waals surface area contributed by atoms with Crippen molar-refractivity contribution in [2.45, 2.75) is 38.5 Å². The second-order valence-corrected chi connectivity index (χ2v) is 7.85. The van der Waals surface area contributed by atoms with Crippen LogP contribution in [0, 0.1) is 6.92 Å². The Morgan fingerprint density at radius 3 is 2.74 bits per heavy atom. The maximum absolute atomic E-state index is 12.5. The van der Waals surface area contributed by atoms with Gasteiger partial charge >= 0.3 is 6.36 Å². The van der Waals surface area contributed by atoms with Crippen LogP contribution in [0.15, 0.2) is 42.7 Å². The van der Waals surface area contributed by atoms with Gasteiger partial charge in [-0.15, -0.1) is 13.2 Å². The number of hydrogen-bond donors (Lipinski definition) is 2. The molecule has 1 atom stereocenters. The number of alkyl halides is 3. The Kier molecular flexibility index (Phi) is 5.30. The highest BCUT2D eigenvalue weighted by atomic mass is 19.4. The Morgan fingerprint density at radius 2 is 2.00 bits per heavy atom. The van der Waals surface area contributed by atoms with Crippen molar-refractivity contribution in [1.82, 2.24) is 15.0 Å². The van der Waals surface area contributed by atoms with Crippen LogP contribution in [0.2, 0.25) is 0 Å². The van der Waals surface area contributed by atoms with Crippen molar-refractivity contribution in [2.75, 3.05) is 11.9 Å². The zero-order chi connectivity index (χ0) is 22.2. The number of ether oxygens (including phenoxy) is 1. The Bertz CT molecular complexity index is 1120. The molecule has 0 bridgehead atoms. The monoisotopic (exact) mass is 430 g/mol. The van der Waals surface area contributed by atoms with Crippen LogP contribution < -0.4 is 10.1 Å². The minimum atomic E-state index is -4.77. The van der Waals surface area contributed by atoms with Gasteiger partial charge in [-0.1, -0.05) is 13.0 Å². The summed E-state index contributed by atoms with van der Waals surface area (Å²) in [5.41, 5.74) is 4.15. The first kappa shape index (κ1) is 21.0. The summed E-state index contributed by atoms with van der Waals surface area (Å²) in [4.78, 5) is 13.2. The quantitative estimate of drug-likeness (QED) is 0.612. The molecule has 0 aliphatic heterocycles. The number of hydrogen-bond acceptors (Lipinski definition) is 6. The molecule has 0 saturated carbocycles. The van der Waals surface area contributed by atoms with E-state index in [-0.39, 0.29) is 23.7 Å². The van der Waals surface area contributed by atoms with Crippen molar-refractivity contribution in [3.05, 3.63) is 59.5 Å². The summed E-state index contributed by atoms with van der Waals surface area (Å²) in [5, 5.41) is 12.8. The molecule has 9 heteroatoms. The number of aliphatic hydroxyl groups is 1. The Balaban J connectivity index is 1.62. The van der Waals surface area contributed by atoms with Crippen molar-refractivity contribution in [1.29, 1.82) is 0 Å². The zero-order valence-corrected chi connectivity index (χ0v) is 17.0. The van der Waals surface area contributed by atoms with Crippen molar-refractivity contribution in [3.63, 3.8) is 0 Å². The predicted molar refractivity (Wildman–Crippen MR) is 109 cm³/mol. The number of fused-ring (bicyclic) bond motifs is 1. The lowest BCUT2D eigenvalue weighted by atomic mass is 9.85. The highest BCUT2D eigenvalue weighted by Crippen LogP contribution is 2.39. The third-order valence-corrected chi connectivity index (χ3v) is 5.52. The van der Waals surface area contributed by atoms with Gasteiger partial charge in [0.25, 0.3) is 0 Å². The molecule has 1 aromatic carbocycles. The maximum Gasteiger partial charge on any atom is 0.573 e. The average Bonchev–Trinajstić information content (AvgIpc) is 3.06. The highest BCUT2D eigenvalue weighted by Gasteiger charge is 2.35. The van der Waals surface area contributed by atoms with Crippen LogP contribution in [0.25, 0.3) is 11.3 Å². The molecular formula is C22H21F3N4O2. The molecule has 1 unspecified atom stereocenters. The van der Waals surface area contributed by atoms with Crippen LogP contribution in [0.1, 0.15) is 30.2 Å². The van der Waals surface area contributed by atoms with E-state index in [2.05, 4.69) is 25.0 Å². The maximum atomic E-state index is 12.5. The van der Waals surface area contributed by atoms with Gasteiger partial charge in [-0.2, -0.15) is 0 Å². The van der Waals surface area contributed by atoms with Crippen molar-refractivity contribution in [3.8, 4) is 17.0 Å². The lowest BCUT2D eigenvalue weighted by Gasteiger charge is -2.22. The van der Waals surface area contributed by atoms with E-state index in [0.29, 0.717) is 16.9 Å². The van der Waals surface area contributed by atoms with Gasteiger partial charge in [0.15, 0.2) is 0 Å². The first-order chi connectivity index (χ1) is 14.7. The van der Waals surface area contributed by atoms with Gasteiger partial charge in [0.2, 0.25) is 5.95 Å². The molecule has 0 fully saturated rings. The Labute approximate surface area is 177 Å². The number of pyridine rings is 1. The molecule has 6 nitrogen and oxygen atoms in total. The summed E-state index contributed by atoms with van der Waals surface area (Å²) in [6.45, 7) is 3.80. The molecule has 162 valence electrons. The summed E-state index contributed by atoms with van der Waals surface area (Å²) in [6, 6.07) is 7.74. The van der Waals surface area contributed by atoms with Crippen LogP contribution in [-0.2, 0) is 11.8 Å². The molecular weight excluding hydrogens is 409 g/mol. The molecule has 0 saturated heterocycles. The van der Waals surface area contributed by atoms with Crippen LogP contribution in [0.3, 0.4) is 0 Å². The van der Waals surface area contributed by atoms with E-state index in [4.69, 9.17) is 0 Å². The van der Waals surface area contributed by atoms with E-state index in [0.717, 1.165) is 29.7 Å². The highest BCUT2D eigenvalue weighted by molar-refractivity contribution is 5.65. The fourth-order valence-corrected chi connectivity index (χ4v) is 3.68. The van der Waals surface area contributed by atoms with Gasteiger partial charge in [0.05, 0.1) is 12.3 Å². The van der Waals surface area contributed by atoms with Crippen molar-refractivity contribution in [2.24, 2.45) is 0 Å². The Hall–Kier alpha value is -3.20. The van der Waals surface area contributed by atoms with Crippen LogP contribution in [0.5, 0.6) is 5.75 Å². The number of aliphatic hydroxyl groups excluding tert-OH is 1. The molecule has 0 amide bonds. The van der Waals surface area contributed by atoms with E-state index < -0.39 is 6.36 Å². The van der Waals surface area contributed by atoms with Crippen molar-refractivity contribution >= 4 is 11.6 Å². The van der Waals surface area contributed by atoms with Crippen LogP contribution in [-0.4, -0.2) is 33.0 Å². The number of halogens is 3. The van der Waals surface area contributed by atoms with Gasteiger partial charge in [-0.3, -0.25) is 4.98 Å². The number of benzene rings is 1. The average molecular weight is 430 g/mol. The van der Waals surface area contributed by atoms with Crippen LogP contribution in [0.4, 0.5) is 24.8 Å². The summed E-state index contributed by atoms with van der Waals surface area (Å²) in [7, 11) is 0. The summed E-state index contributed by atoms with van der Waals surface area (Å²) >= 11 is 0. The smallest absolute Gasteiger partial charge is 0.406 e. The molecule has 1 aliphatic carbocycles. The second-order valence-electron chi connectivity index (χ2n) is 7.85. The number of aryl methyl sites for hydroxylation is 2. The van der Waals surface area contributed by atoms with Gasteiger partial charge in [-0.05, 0) is 49.1 Å². The first-order valence-corrected chi connectivity index (χ1v) is 9.74. The molecule has 2 heterocycles. The third-order valence-electron chi connectivity index (χ3n) is 5.52.